The van der Waals surface area contributed by atoms with Gasteiger partial charge in [0, 0.05) is 17.8 Å². The maximum atomic E-state index is 12.9. The first-order valence-electron chi connectivity index (χ1n) is 11.1. The third-order valence-electron chi connectivity index (χ3n) is 5.71. The Kier molecular flexibility index (Phi) is 6.58. The molecule has 0 fully saturated rings. The predicted octanol–water partition coefficient (Wildman–Crippen LogP) is 5.38. The second-order valence-electron chi connectivity index (χ2n) is 7.76. The largest absolute Gasteiger partial charge is 0.494 e. The van der Waals surface area contributed by atoms with Crippen LogP contribution in [0, 0.1) is 0 Å². The fraction of sp³-hybridized carbons (Fsp3) is 0.269. The van der Waals surface area contributed by atoms with Crippen LogP contribution in [0.2, 0.25) is 0 Å². The standard InChI is InChI=1S/C26H28N4O3/c1-5-16-30-17(4)22(23(27-26(30)31)19-12-14-21(15-13-19)32-7-3)25-28-24(29-33-25)20-10-8-18(6-2)9-11-20/h5,8-15,23H,1,6-7,16H2,2-4H3,(H,27,31). The van der Waals surface area contributed by atoms with Crippen LogP contribution in [0.5, 0.6) is 5.75 Å². The first-order valence-corrected chi connectivity index (χ1v) is 11.1. The zero-order valence-corrected chi connectivity index (χ0v) is 19.2. The van der Waals surface area contributed by atoms with E-state index in [-0.39, 0.29) is 6.03 Å². The van der Waals surface area contributed by atoms with Gasteiger partial charge in [-0.1, -0.05) is 54.6 Å². The number of carbonyl (C=O) groups excluding carboxylic acids is 1. The Labute approximate surface area is 193 Å². The average molecular weight is 445 g/mol. The van der Waals surface area contributed by atoms with Crippen LogP contribution in [0.4, 0.5) is 4.79 Å². The van der Waals surface area contributed by atoms with E-state index in [1.54, 1.807) is 11.0 Å². The summed E-state index contributed by atoms with van der Waals surface area (Å²) < 4.78 is 11.3. The second kappa shape index (κ2) is 9.73. The summed E-state index contributed by atoms with van der Waals surface area (Å²) in [6, 6.07) is 15.1. The molecule has 2 heterocycles. The van der Waals surface area contributed by atoms with Gasteiger partial charge in [-0.2, -0.15) is 4.98 Å². The number of ether oxygens (including phenoxy) is 1. The summed E-state index contributed by atoms with van der Waals surface area (Å²) in [5.74, 6) is 1.65. The molecule has 0 aliphatic carbocycles. The van der Waals surface area contributed by atoms with Gasteiger partial charge in [0.1, 0.15) is 5.75 Å². The Morgan fingerprint density at radius 3 is 2.52 bits per heavy atom. The van der Waals surface area contributed by atoms with Crippen LogP contribution >= 0.6 is 0 Å². The van der Waals surface area contributed by atoms with Crippen molar-refractivity contribution in [3.8, 4) is 17.1 Å². The van der Waals surface area contributed by atoms with E-state index < -0.39 is 6.04 Å². The molecule has 0 radical (unpaired) electrons. The molecule has 1 unspecified atom stereocenters. The van der Waals surface area contributed by atoms with Crippen molar-refractivity contribution in [1.82, 2.24) is 20.4 Å². The van der Waals surface area contributed by atoms with Gasteiger partial charge in [0.15, 0.2) is 0 Å². The molecule has 3 aromatic rings. The van der Waals surface area contributed by atoms with Gasteiger partial charge in [0.05, 0.1) is 18.2 Å². The van der Waals surface area contributed by atoms with Crippen LogP contribution < -0.4 is 10.1 Å². The number of aryl methyl sites for hydroxylation is 1. The number of urea groups is 1. The Hall–Kier alpha value is -3.87. The lowest BCUT2D eigenvalue weighted by Gasteiger charge is -2.34. The Bertz CT molecular complexity index is 1160. The number of aromatic nitrogens is 2. The monoisotopic (exact) mass is 444 g/mol. The van der Waals surface area contributed by atoms with E-state index in [0.717, 1.165) is 34.6 Å². The van der Waals surface area contributed by atoms with E-state index in [4.69, 9.17) is 9.26 Å². The molecule has 0 saturated heterocycles. The lowest BCUT2D eigenvalue weighted by atomic mass is 9.94. The molecule has 33 heavy (non-hydrogen) atoms. The topological polar surface area (TPSA) is 80.5 Å². The molecule has 2 aromatic carbocycles. The molecule has 0 saturated carbocycles. The normalized spacial score (nSPS) is 16.0. The first kappa shape index (κ1) is 22.3. The van der Waals surface area contributed by atoms with Crippen LogP contribution in [0.1, 0.15) is 43.8 Å². The molecular weight excluding hydrogens is 416 g/mol. The highest BCUT2D eigenvalue weighted by molar-refractivity contribution is 5.87. The molecule has 170 valence electrons. The van der Waals surface area contributed by atoms with Crippen molar-refractivity contribution in [1.29, 1.82) is 0 Å². The number of carbonyl (C=O) groups is 1. The van der Waals surface area contributed by atoms with Crippen LogP contribution in [0.15, 0.2) is 71.4 Å². The summed E-state index contributed by atoms with van der Waals surface area (Å²) in [5.41, 5.74) is 4.51. The molecule has 7 nitrogen and oxygen atoms in total. The lowest BCUT2D eigenvalue weighted by Crippen LogP contribution is -2.46. The molecule has 1 aliphatic rings. The smallest absolute Gasteiger partial charge is 0.322 e. The number of hydrogen-bond donors (Lipinski definition) is 1. The van der Waals surface area contributed by atoms with Crippen LogP contribution in [-0.4, -0.2) is 34.2 Å². The van der Waals surface area contributed by atoms with Crippen LogP contribution in [-0.2, 0) is 6.42 Å². The Balaban J connectivity index is 1.75. The molecule has 1 N–H and O–H groups in total. The maximum Gasteiger partial charge on any atom is 0.322 e. The Morgan fingerprint density at radius 1 is 1.15 bits per heavy atom. The third kappa shape index (κ3) is 4.53. The quantitative estimate of drug-likeness (QED) is 0.472. The van der Waals surface area contributed by atoms with Crippen molar-refractivity contribution in [3.05, 3.63) is 83.9 Å². The summed E-state index contributed by atoms with van der Waals surface area (Å²) in [7, 11) is 0. The predicted molar refractivity (Wildman–Crippen MR) is 127 cm³/mol. The zero-order valence-electron chi connectivity index (χ0n) is 19.2. The molecule has 2 amide bonds. The summed E-state index contributed by atoms with van der Waals surface area (Å²) in [5, 5.41) is 7.29. The number of allylic oxidation sites excluding steroid dienone is 1. The van der Waals surface area contributed by atoms with Gasteiger partial charge in [0.25, 0.3) is 5.89 Å². The van der Waals surface area contributed by atoms with Crippen molar-refractivity contribution < 1.29 is 14.1 Å². The molecule has 0 spiro atoms. The van der Waals surface area contributed by atoms with Gasteiger partial charge in [-0.3, -0.25) is 4.90 Å². The minimum absolute atomic E-state index is 0.204. The fourth-order valence-corrected chi connectivity index (χ4v) is 3.92. The van der Waals surface area contributed by atoms with Gasteiger partial charge in [-0.05, 0) is 43.5 Å². The van der Waals surface area contributed by atoms with E-state index in [0.29, 0.717) is 24.9 Å². The lowest BCUT2D eigenvalue weighted by molar-refractivity contribution is 0.209. The number of benzene rings is 2. The molecular formula is C26H28N4O3. The third-order valence-corrected chi connectivity index (χ3v) is 5.71. The number of amides is 2. The van der Waals surface area contributed by atoms with Crippen LogP contribution in [0.3, 0.4) is 0 Å². The first-order chi connectivity index (χ1) is 16.0. The van der Waals surface area contributed by atoms with Gasteiger partial charge >= 0.3 is 6.03 Å². The molecule has 1 atom stereocenters. The molecule has 1 aliphatic heterocycles. The SMILES string of the molecule is C=CCN1C(=O)NC(c2ccc(OCC)cc2)C(c2nc(-c3ccc(CC)cc3)no2)=C1C. The highest BCUT2D eigenvalue weighted by atomic mass is 16.5. The second-order valence-corrected chi connectivity index (χ2v) is 7.76. The van der Waals surface area contributed by atoms with Gasteiger partial charge < -0.3 is 14.6 Å². The summed E-state index contributed by atoms with van der Waals surface area (Å²) in [6.45, 7) is 10.7. The summed E-state index contributed by atoms with van der Waals surface area (Å²) in [4.78, 5) is 19.2. The zero-order chi connectivity index (χ0) is 23.4. The molecule has 4 rings (SSSR count). The number of nitrogens with one attached hydrogen (secondary N) is 1. The van der Waals surface area contributed by atoms with Crippen molar-refractivity contribution in [3.63, 3.8) is 0 Å². The van der Waals surface area contributed by atoms with Crippen molar-refractivity contribution >= 4 is 11.6 Å². The minimum Gasteiger partial charge on any atom is -0.494 e. The van der Waals surface area contributed by atoms with E-state index in [1.807, 2.05) is 50.2 Å². The van der Waals surface area contributed by atoms with E-state index >= 15 is 0 Å². The molecule has 7 heteroatoms. The molecule has 0 bridgehead atoms. The van der Waals surface area contributed by atoms with Gasteiger partial charge in [-0.15, -0.1) is 6.58 Å². The van der Waals surface area contributed by atoms with E-state index in [9.17, 15) is 4.79 Å². The number of hydrogen-bond acceptors (Lipinski definition) is 5. The van der Waals surface area contributed by atoms with Crippen LogP contribution in [0.25, 0.3) is 17.0 Å². The summed E-state index contributed by atoms with van der Waals surface area (Å²) >= 11 is 0. The molecule has 1 aromatic heterocycles. The minimum atomic E-state index is -0.440. The van der Waals surface area contributed by atoms with Crippen molar-refractivity contribution in [2.75, 3.05) is 13.2 Å². The fourth-order valence-electron chi connectivity index (χ4n) is 3.92. The Morgan fingerprint density at radius 2 is 1.88 bits per heavy atom. The average Bonchev–Trinajstić information content (AvgIpc) is 3.32. The summed E-state index contributed by atoms with van der Waals surface area (Å²) in [6.07, 6.45) is 2.65. The van der Waals surface area contributed by atoms with Gasteiger partial charge in [-0.25, -0.2) is 4.79 Å². The number of rotatable bonds is 8. The maximum absolute atomic E-state index is 12.9. The highest BCUT2D eigenvalue weighted by Crippen LogP contribution is 2.37. The number of nitrogens with zero attached hydrogens (tertiary/aromatic N) is 3. The van der Waals surface area contributed by atoms with E-state index in [2.05, 4.69) is 41.1 Å². The van der Waals surface area contributed by atoms with E-state index in [1.165, 1.54) is 5.56 Å². The highest BCUT2D eigenvalue weighted by Gasteiger charge is 2.35. The van der Waals surface area contributed by atoms with Gasteiger partial charge in [0.2, 0.25) is 5.82 Å². The van der Waals surface area contributed by atoms with Crippen molar-refractivity contribution in [2.45, 2.75) is 33.2 Å². The van der Waals surface area contributed by atoms with Crippen molar-refractivity contribution in [2.24, 2.45) is 0 Å².